The van der Waals surface area contributed by atoms with E-state index >= 15 is 0 Å². The van der Waals surface area contributed by atoms with Crippen LogP contribution in [0.4, 0.5) is 4.39 Å². The number of nitrogens with zero attached hydrogens (tertiary/aromatic N) is 1. The molecule has 1 N–H and O–H groups in total. The minimum atomic E-state index is -2.54. The van der Waals surface area contributed by atoms with Crippen LogP contribution in [-0.2, 0) is 9.53 Å². The predicted molar refractivity (Wildman–Crippen MR) is 86.3 cm³/mol. The lowest BCUT2D eigenvalue weighted by atomic mass is 10.0. The molecule has 120 valence electrons. The molecule has 0 unspecified atom stereocenters. The fraction of sp³-hybridized carbons (Fsp3) is 0.438. The number of carbonyl (C=O) groups is 1. The van der Waals surface area contributed by atoms with Crippen LogP contribution in [-0.4, -0.2) is 52.9 Å². The summed E-state index contributed by atoms with van der Waals surface area (Å²) in [6, 6.07) is 9.25. The summed E-state index contributed by atoms with van der Waals surface area (Å²) in [6.45, 7) is 3.00. The first-order valence-corrected chi connectivity index (χ1v) is 7.88. The van der Waals surface area contributed by atoms with Gasteiger partial charge in [-0.15, -0.1) is 0 Å². The van der Waals surface area contributed by atoms with Crippen molar-refractivity contribution in [3.05, 3.63) is 41.5 Å². The molecule has 2 atom stereocenters. The number of morpholine rings is 1. The van der Waals surface area contributed by atoms with E-state index in [4.69, 9.17) is 4.74 Å². The fourth-order valence-electron chi connectivity index (χ4n) is 2.27. The van der Waals surface area contributed by atoms with Crippen molar-refractivity contribution in [2.24, 2.45) is 0 Å². The quantitative estimate of drug-likeness (QED) is 0.826. The zero-order valence-corrected chi connectivity index (χ0v) is 13.9. The van der Waals surface area contributed by atoms with E-state index in [1.807, 2.05) is 30.3 Å². The first-order valence-electron chi connectivity index (χ1n) is 7.09. The van der Waals surface area contributed by atoms with E-state index in [0.29, 0.717) is 31.9 Å². The highest BCUT2D eigenvalue weighted by Crippen LogP contribution is 2.32. The van der Waals surface area contributed by atoms with Crippen LogP contribution in [0.25, 0.3) is 6.08 Å². The number of hydrogen-bond donors (Lipinski definition) is 1. The Kier molecular flexibility index (Phi) is 5.72. The third kappa shape index (κ3) is 3.94. The minimum absolute atomic E-state index is 0.324. The lowest BCUT2D eigenvalue weighted by Gasteiger charge is -2.33. The molecule has 1 heterocycles. The molecule has 4 nitrogen and oxygen atoms in total. The largest absolute Gasteiger partial charge is 0.384 e. The Hall–Kier alpha value is -1.24. The van der Waals surface area contributed by atoms with Crippen molar-refractivity contribution in [3.63, 3.8) is 0 Å². The number of aliphatic hydroxyl groups excluding tert-OH is 1. The topological polar surface area (TPSA) is 49.8 Å². The van der Waals surface area contributed by atoms with Crippen LogP contribution in [0.15, 0.2) is 35.9 Å². The summed E-state index contributed by atoms with van der Waals surface area (Å²) < 4.78 is 17.4. The van der Waals surface area contributed by atoms with E-state index in [0.717, 1.165) is 5.56 Å². The molecule has 0 aliphatic carbocycles. The summed E-state index contributed by atoms with van der Waals surface area (Å²) in [5.41, 5.74) is 1.20. The number of carbonyl (C=O) groups excluding carboxylic acids is 1. The van der Waals surface area contributed by atoms with Gasteiger partial charge in [-0.3, -0.25) is 4.79 Å². The Morgan fingerprint density at radius 1 is 1.41 bits per heavy atom. The van der Waals surface area contributed by atoms with E-state index in [1.54, 1.807) is 13.0 Å². The SMILES string of the molecule is C/C(=C\c1ccccc1)[C@H](O)[C@@](F)(Br)C(=O)N1CCOCC1. The minimum Gasteiger partial charge on any atom is -0.384 e. The Bertz CT molecular complexity index is 542. The maximum Gasteiger partial charge on any atom is 0.274 e. The van der Waals surface area contributed by atoms with Crippen molar-refractivity contribution in [2.75, 3.05) is 26.3 Å². The van der Waals surface area contributed by atoms with Gasteiger partial charge in [-0.05, 0) is 34.0 Å². The van der Waals surface area contributed by atoms with Gasteiger partial charge in [0.15, 0.2) is 0 Å². The summed E-state index contributed by atoms with van der Waals surface area (Å²) >= 11 is 2.77. The molecule has 1 aromatic carbocycles. The highest BCUT2D eigenvalue weighted by molar-refractivity contribution is 9.10. The van der Waals surface area contributed by atoms with Crippen LogP contribution >= 0.6 is 15.9 Å². The highest BCUT2D eigenvalue weighted by Gasteiger charge is 2.46. The van der Waals surface area contributed by atoms with Crippen molar-refractivity contribution in [3.8, 4) is 0 Å². The molecule has 6 heteroatoms. The van der Waals surface area contributed by atoms with Crippen LogP contribution in [0, 0.1) is 0 Å². The third-order valence-electron chi connectivity index (χ3n) is 3.55. The van der Waals surface area contributed by atoms with Crippen molar-refractivity contribution < 1.29 is 19.0 Å². The number of aliphatic hydroxyl groups is 1. The van der Waals surface area contributed by atoms with Gasteiger partial charge in [-0.1, -0.05) is 36.4 Å². The zero-order chi connectivity index (χ0) is 16.2. The number of benzene rings is 1. The number of hydrogen-bond acceptors (Lipinski definition) is 3. The van der Waals surface area contributed by atoms with Gasteiger partial charge in [0.05, 0.1) is 13.2 Å². The summed E-state index contributed by atoms with van der Waals surface area (Å²) in [7, 11) is 0. The van der Waals surface area contributed by atoms with E-state index in [-0.39, 0.29) is 0 Å². The Morgan fingerprint density at radius 3 is 2.59 bits per heavy atom. The Labute approximate surface area is 137 Å². The van der Waals surface area contributed by atoms with Gasteiger partial charge in [0.25, 0.3) is 10.5 Å². The molecule has 1 aromatic rings. The van der Waals surface area contributed by atoms with Crippen LogP contribution in [0.3, 0.4) is 0 Å². The van der Waals surface area contributed by atoms with Gasteiger partial charge in [0.1, 0.15) is 6.10 Å². The van der Waals surface area contributed by atoms with Crippen molar-refractivity contribution in [1.82, 2.24) is 4.90 Å². The van der Waals surface area contributed by atoms with E-state index < -0.39 is 16.6 Å². The molecule has 1 fully saturated rings. The van der Waals surface area contributed by atoms with Gasteiger partial charge < -0.3 is 14.7 Å². The van der Waals surface area contributed by atoms with Gasteiger partial charge in [0, 0.05) is 13.1 Å². The molecule has 1 amide bonds. The molecule has 0 spiro atoms. The molecule has 0 aromatic heterocycles. The Balaban J connectivity index is 2.13. The van der Waals surface area contributed by atoms with Crippen LogP contribution in [0.5, 0.6) is 0 Å². The number of alkyl halides is 2. The second-order valence-corrected chi connectivity index (χ2v) is 6.38. The van der Waals surface area contributed by atoms with Crippen LogP contribution < -0.4 is 0 Å². The molecule has 0 saturated carbocycles. The molecule has 2 rings (SSSR count). The maximum absolute atomic E-state index is 14.8. The number of ether oxygens (including phenoxy) is 1. The van der Waals surface area contributed by atoms with E-state index in [1.165, 1.54) is 4.90 Å². The smallest absolute Gasteiger partial charge is 0.274 e. The summed E-state index contributed by atoms with van der Waals surface area (Å²) in [4.78, 5) is 13.6. The molecular weight excluding hydrogens is 353 g/mol. The van der Waals surface area contributed by atoms with E-state index in [9.17, 15) is 14.3 Å². The lowest BCUT2D eigenvalue weighted by molar-refractivity contribution is -0.145. The summed E-state index contributed by atoms with van der Waals surface area (Å²) in [5, 5.41) is 10.2. The first-order chi connectivity index (χ1) is 10.4. The maximum atomic E-state index is 14.8. The van der Waals surface area contributed by atoms with Gasteiger partial charge in [0.2, 0.25) is 0 Å². The average molecular weight is 372 g/mol. The fourth-order valence-corrected chi connectivity index (χ4v) is 2.88. The zero-order valence-electron chi connectivity index (χ0n) is 12.3. The van der Waals surface area contributed by atoms with Crippen LogP contribution in [0.2, 0.25) is 0 Å². The second-order valence-electron chi connectivity index (χ2n) is 5.23. The normalized spacial score (nSPS) is 20.4. The van der Waals surface area contributed by atoms with Crippen molar-refractivity contribution in [1.29, 1.82) is 0 Å². The third-order valence-corrected chi connectivity index (χ3v) is 4.32. The Morgan fingerprint density at radius 2 is 2.00 bits per heavy atom. The summed E-state index contributed by atoms with van der Waals surface area (Å²) in [6.07, 6.45) is 0.0930. The molecule has 1 aliphatic rings. The van der Waals surface area contributed by atoms with Gasteiger partial charge in [-0.2, -0.15) is 0 Å². The predicted octanol–water partition coefficient (Wildman–Crippen LogP) is 2.37. The number of rotatable bonds is 4. The molecule has 0 bridgehead atoms. The molecule has 1 aliphatic heterocycles. The van der Waals surface area contributed by atoms with Crippen molar-refractivity contribution in [2.45, 2.75) is 17.6 Å². The van der Waals surface area contributed by atoms with Crippen molar-refractivity contribution >= 4 is 27.9 Å². The van der Waals surface area contributed by atoms with Gasteiger partial charge in [-0.25, -0.2) is 4.39 Å². The molecule has 22 heavy (non-hydrogen) atoms. The number of amides is 1. The molecule has 0 radical (unpaired) electrons. The lowest BCUT2D eigenvalue weighted by Crippen LogP contribution is -2.52. The molecular formula is C16H19BrFNO3. The highest BCUT2D eigenvalue weighted by atomic mass is 79.9. The number of halogens is 2. The molecule has 1 saturated heterocycles. The standard InChI is InChI=1S/C16H19BrFNO3/c1-12(11-13-5-3-2-4-6-13)14(20)16(17,18)15(21)19-7-9-22-10-8-19/h2-6,11,14,20H,7-10H2,1H3/b12-11+/t14-,16-/m0/s1. The van der Waals surface area contributed by atoms with Crippen LogP contribution in [0.1, 0.15) is 12.5 Å². The summed E-state index contributed by atoms with van der Waals surface area (Å²) in [5.74, 6) is -0.774. The average Bonchev–Trinajstić information content (AvgIpc) is 2.55. The monoisotopic (exact) mass is 371 g/mol. The first kappa shape index (κ1) is 17.1. The van der Waals surface area contributed by atoms with Gasteiger partial charge >= 0.3 is 0 Å². The van der Waals surface area contributed by atoms with E-state index in [2.05, 4.69) is 15.9 Å². The second kappa shape index (κ2) is 7.35.